The van der Waals surface area contributed by atoms with E-state index in [1.165, 1.54) is 32.1 Å². The fraction of sp³-hybridized carbons (Fsp3) is 0.603. The van der Waals surface area contributed by atoms with Gasteiger partial charge < -0.3 is 40.3 Å². The standard InChI is InChI=1S/C58H93NO8/c1-3-5-7-9-11-13-15-17-19-20-21-22-23-24-25-26-27-28-29-30-31-32-34-36-38-40-42-44-46-48-54(62)59-51(50-66-58-57(65)56(64)55(63)53(49-60)67-58)52(61)47-45-43-41-39-37-35-33-18-16-14-12-10-8-6-4-2/h5,7,11,13,16-19,21-22,24-25,27-28,30-31,34,36-37,39,45,47,51-53,55-58,60-61,63-65H,3-4,6,8-10,12,14-15,20,23,26,29,32-33,35,38,40-44,46,48-50H2,1-2H3,(H,59,62)/b7-5-,13-11-,18-16+,19-17-,22-21-,25-24-,28-27-,31-30-,36-34-,39-37+,47-45+. The number of carbonyl (C=O) groups is 1. The van der Waals surface area contributed by atoms with Crippen LogP contribution in [0.5, 0.6) is 0 Å². The average molecular weight is 932 g/mol. The largest absolute Gasteiger partial charge is 0.394 e. The van der Waals surface area contributed by atoms with Gasteiger partial charge in [-0.25, -0.2) is 0 Å². The van der Waals surface area contributed by atoms with Gasteiger partial charge in [0.2, 0.25) is 5.91 Å². The topological polar surface area (TPSA) is 149 Å². The molecule has 1 heterocycles. The van der Waals surface area contributed by atoms with E-state index in [-0.39, 0.29) is 12.5 Å². The highest BCUT2D eigenvalue weighted by Gasteiger charge is 2.44. The second-order valence-corrected chi connectivity index (χ2v) is 17.2. The van der Waals surface area contributed by atoms with E-state index in [0.29, 0.717) is 19.3 Å². The first-order chi connectivity index (χ1) is 32.8. The van der Waals surface area contributed by atoms with E-state index in [1.54, 1.807) is 6.08 Å². The first kappa shape index (κ1) is 61.3. The predicted octanol–water partition coefficient (Wildman–Crippen LogP) is 12.2. The number of aliphatic hydroxyl groups is 5. The minimum atomic E-state index is -1.59. The third kappa shape index (κ3) is 36.0. The summed E-state index contributed by atoms with van der Waals surface area (Å²) in [6, 6.07) is -0.852. The van der Waals surface area contributed by atoms with Crippen molar-refractivity contribution in [3.63, 3.8) is 0 Å². The maximum atomic E-state index is 13.0. The summed E-state index contributed by atoms with van der Waals surface area (Å²) in [5, 5.41) is 54.3. The van der Waals surface area contributed by atoms with Crippen molar-refractivity contribution in [1.29, 1.82) is 0 Å². The van der Waals surface area contributed by atoms with E-state index in [1.807, 2.05) is 6.08 Å². The van der Waals surface area contributed by atoms with Crippen LogP contribution in [0.25, 0.3) is 0 Å². The number of carbonyl (C=O) groups excluding carboxylic acids is 1. The van der Waals surface area contributed by atoms with E-state index in [0.717, 1.165) is 103 Å². The number of amides is 1. The number of hydrogen-bond donors (Lipinski definition) is 6. The predicted molar refractivity (Wildman–Crippen MR) is 280 cm³/mol. The Morgan fingerprint density at radius 3 is 1.42 bits per heavy atom. The zero-order chi connectivity index (χ0) is 48.7. The summed E-state index contributed by atoms with van der Waals surface area (Å²) in [7, 11) is 0. The SMILES string of the molecule is CC/C=C\C/C=C\C/C=C\C/C=C\C/C=C\C/C=C\C/C=C\C/C=C\CCCCCCC(=O)NC(COC1OC(CO)C(O)C(O)C1O)C(O)/C=C/CC/C=C/CC/C=C/CCCCCCC. The van der Waals surface area contributed by atoms with Gasteiger partial charge in [0, 0.05) is 6.42 Å². The smallest absolute Gasteiger partial charge is 0.220 e. The molecule has 378 valence electrons. The molecule has 1 rings (SSSR count). The zero-order valence-corrected chi connectivity index (χ0v) is 41.6. The Hall–Kier alpha value is -3.67. The summed E-state index contributed by atoms with van der Waals surface area (Å²) in [5.41, 5.74) is 0. The maximum absolute atomic E-state index is 13.0. The monoisotopic (exact) mass is 932 g/mol. The van der Waals surface area contributed by atoms with Crippen LogP contribution in [0.3, 0.4) is 0 Å². The number of nitrogens with one attached hydrogen (secondary N) is 1. The number of ether oxygens (including phenoxy) is 2. The molecule has 67 heavy (non-hydrogen) atoms. The molecule has 1 aliphatic heterocycles. The molecule has 0 radical (unpaired) electrons. The van der Waals surface area contributed by atoms with Gasteiger partial charge in [-0.05, 0) is 109 Å². The van der Waals surface area contributed by atoms with Crippen molar-refractivity contribution in [3.05, 3.63) is 134 Å². The molecule has 1 saturated heterocycles. The quantitative estimate of drug-likeness (QED) is 0.0262. The summed E-state index contributed by atoms with van der Waals surface area (Å²) in [6.45, 7) is 3.58. The molecule has 6 N–H and O–H groups in total. The van der Waals surface area contributed by atoms with E-state index < -0.39 is 49.5 Å². The lowest BCUT2D eigenvalue weighted by atomic mass is 9.99. The molecule has 0 aromatic carbocycles. The fourth-order valence-corrected chi connectivity index (χ4v) is 7.08. The van der Waals surface area contributed by atoms with E-state index >= 15 is 0 Å². The van der Waals surface area contributed by atoms with Gasteiger partial charge in [0.15, 0.2) is 6.29 Å². The Balaban J connectivity index is 2.33. The summed E-state index contributed by atoms with van der Waals surface area (Å²) >= 11 is 0. The summed E-state index contributed by atoms with van der Waals surface area (Å²) in [6.07, 6.45) is 63.5. The lowest BCUT2D eigenvalue weighted by Gasteiger charge is -2.40. The van der Waals surface area contributed by atoms with E-state index in [2.05, 4.69) is 141 Å². The second-order valence-electron chi connectivity index (χ2n) is 17.2. The van der Waals surface area contributed by atoms with Gasteiger partial charge in [0.05, 0.1) is 25.4 Å². The molecule has 0 bridgehead atoms. The lowest BCUT2D eigenvalue weighted by Crippen LogP contribution is -2.60. The summed E-state index contributed by atoms with van der Waals surface area (Å²) < 4.78 is 11.2. The molecule has 1 amide bonds. The number of hydrogen-bond acceptors (Lipinski definition) is 8. The van der Waals surface area contributed by atoms with Crippen molar-refractivity contribution in [2.24, 2.45) is 0 Å². The third-order valence-electron chi connectivity index (χ3n) is 11.2. The normalized spacial score (nSPS) is 20.9. The van der Waals surface area contributed by atoms with Crippen LogP contribution in [0.1, 0.15) is 168 Å². The zero-order valence-electron chi connectivity index (χ0n) is 41.6. The Bertz CT molecular complexity index is 1500. The molecule has 0 aromatic heterocycles. The molecule has 0 spiro atoms. The van der Waals surface area contributed by atoms with Crippen molar-refractivity contribution in [3.8, 4) is 0 Å². The minimum Gasteiger partial charge on any atom is -0.394 e. The molecular weight excluding hydrogens is 839 g/mol. The summed E-state index contributed by atoms with van der Waals surface area (Å²) in [5.74, 6) is -0.223. The highest BCUT2D eigenvalue weighted by Crippen LogP contribution is 2.22. The maximum Gasteiger partial charge on any atom is 0.220 e. The van der Waals surface area contributed by atoms with Crippen molar-refractivity contribution < 1.29 is 39.8 Å². The van der Waals surface area contributed by atoms with Crippen molar-refractivity contribution in [2.45, 2.75) is 211 Å². The highest BCUT2D eigenvalue weighted by atomic mass is 16.7. The van der Waals surface area contributed by atoms with Crippen molar-refractivity contribution in [2.75, 3.05) is 13.2 Å². The van der Waals surface area contributed by atoms with Crippen LogP contribution in [0.15, 0.2) is 134 Å². The highest BCUT2D eigenvalue weighted by molar-refractivity contribution is 5.76. The molecule has 7 unspecified atom stereocenters. The van der Waals surface area contributed by atoms with Crippen LogP contribution in [0, 0.1) is 0 Å². The lowest BCUT2D eigenvalue weighted by molar-refractivity contribution is -0.302. The van der Waals surface area contributed by atoms with Crippen LogP contribution < -0.4 is 5.32 Å². The van der Waals surface area contributed by atoms with Crippen LogP contribution in [0.4, 0.5) is 0 Å². The van der Waals surface area contributed by atoms with Gasteiger partial charge in [-0.3, -0.25) is 4.79 Å². The molecule has 1 aliphatic rings. The fourth-order valence-electron chi connectivity index (χ4n) is 7.08. The van der Waals surface area contributed by atoms with Gasteiger partial charge >= 0.3 is 0 Å². The Labute approximate surface area is 407 Å². The van der Waals surface area contributed by atoms with Crippen LogP contribution in [-0.2, 0) is 14.3 Å². The number of unbranched alkanes of at least 4 members (excludes halogenated alkanes) is 11. The first-order valence-electron chi connectivity index (χ1n) is 25.9. The van der Waals surface area contributed by atoms with Crippen LogP contribution >= 0.6 is 0 Å². The molecule has 1 fully saturated rings. The van der Waals surface area contributed by atoms with Gasteiger partial charge in [0.1, 0.15) is 24.4 Å². The second kappa shape index (κ2) is 46.1. The van der Waals surface area contributed by atoms with Crippen LogP contribution in [0.2, 0.25) is 0 Å². The molecule has 0 saturated carbocycles. The van der Waals surface area contributed by atoms with Crippen molar-refractivity contribution in [1.82, 2.24) is 5.32 Å². The minimum absolute atomic E-state index is 0.223. The van der Waals surface area contributed by atoms with Gasteiger partial charge in [-0.1, -0.05) is 186 Å². The number of allylic oxidation sites excluding steroid dienone is 21. The number of rotatable bonds is 41. The Morgan fingerprint density at radius 2 is 0.940 bits per heavy atom. The average Bonchev–Trinajstić information content (AvgIpc) is 3.33. The van der Waals surface area contributed by atoms with E-state index in [4.69, 9.17) is 9.47 Å². The first-order valence-corrected chi connectivity index (χ1v) is 25.9. The number of aliphatic hydroxyl groups excluding tert-OH is 5. The molecule has 0 aromatic rings. The molecule has 9 heteroatoms. The Morgan fingerprint density at radius 1 is 0.522 bits per heavy atom. The van der Waals surface area contributed by atoms with Crippen LogP contribution in [-0.4, -0.2) is 87.5 Å². The molecule has 7 atom stereocenters. The molecule has 9 nitrogen and oxygen atoms in total. The van der Waals surface area contributed by atoms with Gasteiger partial charge in [-0.2, -0.15) is 0 Å². The third-order valence-corrected chi connectivity index (χ3v) is 11.2. The van der Waals surface area contributed by atoms with E-state index in [9.17, 15) is 30.3 Å². The molecule has 0 aliphatic carbocycles. The summed E-state index contributed by atoms with van der Waals surface area (Å²) in [4.78, 5) is 13.0. The van der Waals surface area contributed by atoms with Gasteiger partial charge in [0.25, 0.3) is 0 Å². The van der Waals surface area contributed by atoms with Gasteiger partial charge in [-0.15, -0.1) is 0 Å². The Kier molecular flexibility index (Phi) is 42.2. The molecular formula is C58H93NO8. The van der Waals surface area contributed by atoms with Crippen molar-refractivity contribution >= 4 is 5.91 Å².